The molecule has 21 heavy (non-hydrogen) atoms. The van der Waals surface area contributed by atoms with Crippen molar-refractivity contribution in [1.29, 1.82) is 0 Å². The van der Waals surface area contributed by atoms with Crippen molar-refractivity contribution in [1.82, 2.24) is 5.32 Å². The van der Waals surface area contributed by atoms with E-state index in [0.717, 1.165) is 28.6 Å². The average Bonchev–Trinajstić information content (AvgIpc) is 2.48. The van der Waals surface area contributed by atoms with Crippen LogP contribution in [0.1, 0.15) is 30.5 Å². The first-order valence-corrected chi connectivity index (χ1v) is 7.82. The molecule has 1 N–H and O–H groups in total. The third kappa shape index (κ3) is 4.61. The van der Waals surface area contributed by atoms with Gasteiger partial charge in [-0.15, -0.1) is 0 Å². The molecule has 4 heteroatoms. The zero-order chi connectivity index (χ0) is 15.2. The van der Waals surface area contributed by atoms with E-state index < -0.39 is 11.6 Å². The molecule has 2 aromatic carbocycles. The Morgan fingerprint density at radius 1 is 1.05 bits per heavy atom. The molecule has 0 saturated carbocycles. The number of hydrogen-bond acceptors (Lipinski definition) is 1. The summed E-state index contributed by atoms with van der Waals surface area (Å²) in [6, 6.07) is 12.2. The van der Waals surface area contributed by atoms with E-state index in [2.05, 4.69) is 28.2 Å². The van der Waals surface area contributed by atoms with E-state index in [0.29, 0.717) is 6.42 Å². The van der Waals surface area contributed by atoms with Crippen LogP contribution in [0.2, 0.25) is 0 Å². The lowest BCUT2D eigenvalue weighted by Gasteiger charge is -2.19. The van der Waals surface area contributed by atoms with Crippen LogP contribution in [0, 0.1) is 11.6 Å². The Balaban J connectivity index is 2.19. The van der Waals surface area contributed by atoms with E-state index in [4.69, 9.17) is 0 Å². The van der Waals surface area contributed by atoms with Gasteiger partial charge in [-0.2, -0.15) is 0 Å². The van der Waals surface area contributed by atoms with Gasteiger partial charge >= 0.3 is 0 Å². The molecule has 0 amide bonds. The van der Waals surface area contributed by atoms with Gasteiger partial charge in [0.1, 0.15) is 0 Å². The van der Waals surface area contributed by atoms with Gasteiger partial charge in [0.05, 0.1) is 0 Å². The van der Waals surface area contributed by atoms with Gasteiger partial charge in [0.25, 0.3) is 0 Å². The number of benzene rings is 2. The normalized spacial score (nSPS) is 12.4. The van der Waals surface area contributed by atoms with E-state index >= 15 is 0 Å². The summed E-state index contributed by atoms with van der Waals surface area (Å²) in [4.78, 5) is 0. The molecule has 0 aliphatic carbocycles. The molecule has 1 unspecified atom stereocenters. The molecule has 112 valence electrons. The molecule has 0 heterocycles. The van der Waals surface area contributed by atoms with Crippen molar-refractivity contribution < 1.29 is 8.78 Å². The van der Waals surface area contributed by atoms with Gasteiger partial charge in [-0.3, -0.25) is 0 Å². The number of rotatable bonds is 6. The lowest BCUT2D eigenvalue weighted by Crippen LogP contribution is -2.24. The van der Waals surface area contributed by atoms with Gasteiger partial charge in [-0.05, 0) is 54.8 Å². The van der Waals surface area contributed by atoms with Crippen molar-refractivity contribution in [3.05, 3.63) is 69.7 Å². The summed E-state index contributed by atoms with van der Waals surface area (Å²) in [6.45, 7) is 2.98. The highest BCUT2D eigenvalue weighted by Gasteiger charge is 2.13. The molecule has 0 saturated heterocycles. The lowest BCUT2D eigenvalue weighted by molar-refractivity contribution is 0.500. The van der Waals surface area contributed by atoms with Crippen LogP contribution in [0.4, 0.5) is 8.78 Å². The van der Waals surface area contributed by atoms with Gasteiger partial charge in [0.15, 0.2) is 11.6 Å². The number of hydrogen-bond donors (Lipinski definition) is 1. The molecule has 1 atom stereocenters. The molecule has 0 bridgehead atoms. The molecule has 0 aliphatic rings. The van der Waals surface area contributed by atoms with Crippen molar-refractivity contribution in [3.8, 4) is 0 Å². The van der Waals surface area contributed by atoms with E-state index in [-0.39, 0.29) is 6.04 Å². The van der Waals surface area contributed by atoms with Gasteiger partial charge in [0, 0.05) is 10.5 Å². The van der Waals surface area contributed by atoms with E-state index in [9.17, 15) is 8.78 Å². The van der Waals surface area contributed by atoms with Crippen LogP contribution in [0.25, 0.3) is 0 Å². The molecule has 2 rings (SSSR count). The lowest BCUT2D eigenvalue weighted by atomic mass is 9.98. The fourth-order valence-corrected chi connectivity index (χ4v) is 2.49. The Hall–Kier alpha value is -1.26. The Kier molecular flexibility index (Phi) is 5.88. The fourth-order valence-electron chi connectivity index (χ4n) is 2.22. The Morgan fingerprint density at radius 3 is 2.38 bits per heavy atom. The summed E-state index contributed by atoms with van der Waals surface area (Å²) in [5.41, 5.74) is 1.92. The molecule has 0 aromatic heterocycles. The van der Waals surface area contributed by atoms with Crippen LogP contribution in [0.3, 0.4) is 0 Å². The zero-order valence-corrected chi connectivity index (χ0v) is 13.5. The zero-order valence-electron chi connectivity index (χ0n) is 11.9. The molecular formula is C17H18BrF2N. The Bertz CT molecular complexity index is 584. The highest BCUT2D eigenvalue weighted by Crippen LogP contribution is 2.22. The topological polar surface area (TPSA) is 12.0 Å². The summed E-state index contributed by atoms with van der Waals surface area (Å²) in [5, 5.41) is 3.46. The molecule has 2 aromatic rings. The maximum atomic E-state index is 13.3. The second-order valence-corrected chi connectivity index (χ2v) is 5.93. The second kappa shape index (κ2) is 7.66. The van der Waals surface area contributed by atoms with Crippen molar-refractivity contribution in [3.63, 3.8) is 0 Å². The van der Waals surface area contributed by atoms with Gasteiger partial charge in [-0.1, -0.05) is 41.1 Å². The number of nitrogens with one attached hydrogen (secondary N) is 1. The Morgan fingerprint density at radius 2 is 1.76 bits per heavy atom. The summed E-state index contributed by atoms with van der Waals surface area (Å²) in [5.74, 6) is -1.60. The summed E-state index contributed by atoms with van der Waals surface area (Å²) in [6.07, 6.45) is 1.64. The molecule has 0 spiro atoms. The average molecular weight is 354 g/mol. The predicted molar refractivity (Wildman–Crippen MR) is 85.2 cm³/mol. The molecular weight excluding hydrogens is 336 g/mol. The quantitative estimate of drug-likeness (QED) is 0.769. The minimum atomic E-state index is -0.805. The Labute approximate surface area is 132 Å². The largest absolute Gasteiger partial charge is 0.310 e. The minimum absolute atomic E-state index is 0.0860. The standard InChI is InChI=1S/C17H18BrF2N/c1-2-9-21-17(13-4-6-14(18)7-5-13)11-12-3-8-15(19)16(20)10-12/h3-8,10,17,21H,2,9,11H2,1H3. The van der Waals surface area contributed by atoms with Crippen LogP contribution in [-0.4, -0.2) is 6.54 Å². The van der Waals surface area contributed by atoms with E-state index in [1.165, 1.54) is 12.1 Å². The van der Waals surface area contributed by atoms with Crippen molar-refractivity contribution in [2.24, 2.45) is 0 Å². The van der Waals surface area contributed by atoms with Crippen molar-refractivity contribution >= 4 is 15.9 Å². The van der Waals surface area contributed by atoms with Crippen LogP contribution in [0.15, 0.2) is 46.9 Å². The summed E-state index contributed by atoms with van der Waals surface area (Å²) in [7, 11) is 0. The van der Waals surface area contributed by atoms with E-state index in [1.807, 2.05) is 24.3 Å². The van der Waals surface area contributed by atoms with Crippen LogP contribution >= 0.6 is 15.9 Å². The maximum absolute atomic E-state index is 13.3. The monoisotopic (exact) mass is 353 g/mol. The van der Waals surface area contributed by atoms with Gasteiger partial charge < -0.3 is 5.32 Å². The van der Waals surface area contributed by atoms with Gasteiger partial charge in [0.2, 0.25) is 0 Å². The summed E-state index contributed by atoms with van der Waals surface area (Å²) >= 11 is 3.42. The number of halogens is 3. The SMILES string of the molecule is CCCNC(Cc1ccc(F)c(F)c1)c1ccc(Br)cc1. The molecule has 0 radical (unpaired) electrons. The van der Waals surface area contributed by atoms with Crippen LogP contribution in [-0.2, 0) is 6.42 Å². The fraction of sp³-hybridized carbons (Fsp3) is 0.294. The van der Waals surface area contributed by atoms with Crippen molar-refractivity contribution in [2.45, 2.75) is 25.8 Å². The highest BCUT2D eigenvalue weighted by atomic mass is 79.9. The molecule has 0 fully saturated rings. The minimum Gasteiger partial charge on any atom is -0.310 e. The third-order valence-corrected chi connectivity index (χ3v) is 3.87. The summed E-state index contributed by atoms with van der Waals surface area (Å²) < 4.78 is 27.4. The van der Waals surface area contributed by atoms with E-state index in [1.54, 1.807) is 6.07 Å². The smallest absolute Gasteiger partial charge is 0.159 e. The molecule has 1 nitrogen and oxygen atoms in total. The third-order valence-electron chi connectivity index (χ3n) is 3.34. The van der Waals surface area contributed by atoms with Crippen LogP contribution in [0.5, 0.6) is 0 Å². The maximum Gasteiger partial charge on any atom is 0.159 e. The first-order chi connectivity index (χ1) is 10.1. The first kappa shape index (κ1) is 16.1. The molecule has 0 aliphatic heterocycles. The van der Waals surface area contributed by atoms with Crippen LogP contribution < -0.4 is 5.32 Å². The highest BCUT2D eigenvalue weighted by molar-refractivity contribution is 9.10. The second-order valence-electron chi connectivity index (χ2n) is 5.01. The first-order valence-electron chi connectivity index (χ1n) is 7.03. The predicted octanol–water partition coefficient (Wildman–Crippen LogP) is 5.01. The van der Waals surface area contributed by atoms with Crippen molar-refractivity contribution in [2.75, 3.05) is 6.54 Å². The van der Waals surface area contributed by atoms with Gasteiger partial charge in [-0.25, -0.2) is 8.78 Å².